The number of hydrogen-bond acceptors (Lipinski definition) is 11. The molecular weight excluding hydrogens is 589 g/mol. The van der Waals surface area contributed by atoms with Crippen molar-refractivity contribution in [3.63, 3.8) is 0 Å². The van der Waals surface area contributed by atoms with Crippen molar-refractivity contribution in [1.82, 2.24) is 24.3 Å². The number of carbonyl (C=O) groups is 2. The number of hydrogen-bond donors (Lipinski definition) is 2. The third-order valence-electron chi connectivity index (χ3n) is 8.55. The number of piperidine rings is 1. The molecule has 0 bridgehead atoms. The van der Waals surface area contributed by atoms with E-state index in [1.807, 2.05) is 0 Å². The van der Waals surface area contributed by atoms with E-state index >= 15 is 0 Å². The number of likely N-dealkylation sites (tertiary alicyclic amines) is 1. The molecule has 4 aromatic rings. The maximum Gasteiger partial charge on any atom is 0.333 e. The predicted octanol–water partition coefficient (Wildman–Crippen LogP) is 3.28. The fraction of sp³-hybridized carbons (Fsp3) is 0.452. The zero-order valence-electron chi connectivity index (χ0n) is 24.8. The second-order valence-corrected chi connectivity index (χ2v) is 11.5. The second kappa shape index (κ2) is 12.7. The van der Waals surface area contributed by atoms with Gasteiger partial charge in [0.2, 0.25) is 11.8 Å². The lowest BCUT2D eigenvalue weighted by Gasteiger charge is -2.31. The van der Waals surface area contributed by atoms with Crippen molar-refractivity contribution >= 4 is 22.9 Å². The van der Waals surface area contributed by atoms with Crippen LogP contribution in [0.1, 0.15) is 73.3 Å². The third-order valence-corrected chi connectivity index (χ3v) is 8.55. The van der Waals surface area contributed by atoms with E-state index < -0.39 is 29.8 Å². The van der Waals surface area contributed by atoms with Gasteiger partial charge < -0.3 is 29.2 Å². The molecule has 1 saturated heterocycles. The standard InChI is InChI=1S/C31H34FN5O8/c1-18-21(12-16-35-14-10-19(11-15-35)29-22-5-4-20(32)17-24(22)44-34-29)31(42)36-13-2-3-23(30(36)33-18)43-27(40)8-9-28(41)45-37-25(38)6-7-26(37)39/h4-7,17,19,23,38-39H,2-3,8-16H2,1H3. The van der Waals surface area contributed by atoms with E-state index in [0.717, 1.165) is 49.1 Å². The molecule has 5 heterocycles. The average molecular weight is 624 g/mol. The number of carbonyl (C=O) groups excluding carboxylic acids is 2. The van der Waals surface area contributed by atoms with Crippen LogP contribution in [-0.4, -0.2) is 66.1 Å². The van der Waals surface area contributed by atoms with Gasteiger partial charge in [0, 0.05) is 53.9 Å². The van der Waals surface area contributed by atoms with Crippen molar-refractivity contribution in [3.05, 3.63) is 69.3 Å². The lowest BCUT2D eigenvalue weighted by molar-refractivity contribution is -0.155. The Morgan fingerprint density at radius 2 is 1.78 bits per heavy atom. The first-order valence-electron chi connectivity index (χ1n) is 15.1. The van der Waals surface area contributed by atoms with Gasteiger partial charge in [0.25, 0.3) is 5.56 Å². The van der Waals surface area contributed by atoms with Crippen LogP contribution in [0, 0.1) is 12.7 Å². The summed E-state index contributed by atoms with van der Waals surface area (Å²) in [5.41, 5.74) is 2.42. The topological polar surface area (TPSA) is 162 Å². The van der Waals surface area contributed by atoms with Crippen LogP contribution in [0.25, 0.3) is 11.0 Å². The van der Waals surface area contributed by atoms with E-state index in [1.165, 1.54) is 12.1 Å². The number of ether oxygens (including phenoxy) is 1. The molecule has 0 radical (unpaired) electrons. The van der Waals surface area contributed by atoms with Crippen LogP contribution < -0.4 is 10.4 Å². The lowest BCUT2D eigenvalue weighted by Crippen LogP contribution is -2.38. The number of fused-ring (bicyclic) bond motifs is 2. The highest BCUT2D eigenvalue weighted by Crippen LogP contribution is 2.33. The number of halogens is 1. The highest BCUT2D eigenvalue weighted by atomic mass is 19.1. The Morgan fingerprint density at radius 1 is 1.04 bits per heavy atom. The number of nitrogens with zero attached hydrogens (tertiary/aromatic N) is 5. The highest BCUT2D eigenvalue weighted by molar-refractivity contribution is 5.80. The van der Waals surface area contributed by atoms with Gasteiger partial charge in [-0.25, -0.2) is 14.2 Å². The van der Waals surface area contributed by atoms with Gasteiger partial charge in [-0.05, 0) is 64.3 Å². The predicted molar refractivity (Wildman–Crippen MR) is 156 cm³/mol. The summed E-state index contributed by atoms with van der Waals surface area (Å²) in [6.45, 7) is 4.62. The van der Waals surface area contributed by atoms with E-state index in [0.29, 0.717) is 59.7 Å². The number of benzene rings is 1. The Kier molecular flexibility index (Phi) is 8.57. The van der Waals surface area contributed by atoms with Gasteiger partial charge in [0.1, 0.15) is 5.82 Å². The fourth-order valence-electron chi connectivity index (χ4n) is 6.14. The Balaban J connectivity index is 1.03. The van der Waals surface area contributed by atoms with E-state index in [4.69, 9.17) is 14.1 Å². The number of esters is 1. The van der Waals surface area contributed by atoms with Crippen LogP contribution in [-0.2, 0) is 27.3 Å². The van der Waals surface area contributed by atoms with E-state index in [-0.39, 0.29) is 30.1 Å². The molecule has 0 saturated carbocycles. The van der Waals surface area contributed by atoms with Gasteiger partial charge >= 0.3 is 11.9 Å². The molecular formula is C31H34FN5O8. The van der Waals surface area contributed by atoms with Crippen molar-refractivity contribution in [2.45, 2.75) is 70.4 Å². The summed E-state index contributed by atoms with van der Waals surface area (Å²) < 4.78 is 26.6. The monoisotopic (exact) mass is 623 g/mol. The Labute approximate surface area is 256 Å². The van der Waals surface area contributed by atoms with Crippen LogP contribution in [0.2, 0.25) is 0 Å². The van der Waals surface area contributed by atoms with E-state index in [9.17, 15) is 29.0 Å². The molecule has 3 aromatic heterocycles. The maximum atomic E-state index is 13.5. The van der Waals surface area contributed by atoms with Crippen molar-refractivity contribution in [1.29, 1.82) is 0 Å². The van der Waals surface area contributed by atoms with Crippen molar-refractivity contribution in [2.75, 3.05) is 19.6 Å². The molecule has 0 spiro atoms. The minimum atomic E-state index is -0.847. The van der Waals surface area contributed by atoms with Gasteiger partial charge in [-0.2, -0.15) is 0 Å². The van der Waals surface area contributed by atoms with Crippen molar-refractivity contribution in [2.24, 2.45) is 0 Å². The Morgan fingerprint density at radius 3 is 2.53 bits per heavy atom. The molecule has 2 aliphatic heterocycles. The van der Waals surface area contributed by atoms with E-state index in [1.54, 1.807) is 17.6 Å². The largest absolute Gasteiger partial charge is 0.492 e. The summed E-state index contributed by atoms with van der Waals surface area (Å²) >= 11 is 0. The molecule has 1 atom stereocenters. The summed E-state index contributed by atoms with van der Waals surface area (Å²) in [5.74, 6) is -2.17. The van der Waals surface area contributed by atoms with Gasteiger partial charge in [0.05, 0.1) is 18.5 Å². The minimum absolute atomic E-state index is 0.135. The van der Waals surface area contributed by atoms with Crippen molar-refractivity contribution in [3.8, 4) is 11.8 Å². The number of aryl methyl sites for hydroxylation is 1. The highest BCUT2D eigenvalue weighted by Gasteiger charge is 2.29. The zero-order chi connectivity index (χ0) is 31.7. The molecule has 0 amide bonds. The fourth-order valence-corrected chi connectivity index (χ4v) is 6.14. The molecule has 1 fully saturated rings. The zero-order valence-corrected chi connectivity index (χ0v) is 24.8. The van der Waals surface area contributed by atoms with Gasteiger partial charge in [-0.15, -0.1) is 4.73 Å². The lowest BCUT2D eigenvalue weighted by atomic mass is 9.91. The summed E-state index contributed by atoms with van der Waals surface area (Å²) in [7, 11) is 0. The summed E-state index contributed by atoms with van der Waals surface area (Å²) in [6, 6.07) is 6.79. The quantitative estimate of drug-likeness (QED) is 0.263. The first-order valence-corrected chi connectivity index (χ1v) is 15.1. The Bertz CT molecular complexity index is 1770. The molecule has 238 valence electrons. The summed E-state index contributed by atoms with van der Waals surface area (Å²) in [6.07, 6.45) is 2.06. The van der Waals surface area contributed by atoms with Gasteiger partial charge in [-0.1, -0.05) is 5.16 Å². The molecule has 1 unspecified atom stereocenters. The molecule has 0 aliphatic carbocycles. The minimum Gasteiger partial charge on any atom is -0.492 e. The summed E-state index contributed by atoms with van der Waals surface area (Å²) in [5, 5.41) is 24.3. The van der Waals surface area contributed by atoms with Crippen LogP contribution in [0.3, 0.4) is 0 Å². The molecule has 2 aliphatic rings. The van der Waals surface area contributed by atoms with Crippen LogP contribution >= 0.6 is 0 Å². The molecule has 1 aromatic carbocycles. The first-order chi connectivity index (χ1) is 21.7. The number of aromatic hydroxyl groups is 2. The van der Waals surface area contributed by atoms with Gasteiger partial charge in [-0.3, -0.25) is 14.2 Å². The maximum absolute atomic E-state index is 13.5. The summed E-state index contributed by atoms with van der Waals surface area (Å²) in [4.78, 5) is 50.1. The van der Waals surface area contributed by atoms with E-state index in [2.05, 4.69) is 15.0 Å². The molecule has 45 heavy (non-hydrogen) atoms. The smallest absolute Gasteiger partial charge is 0.333 e. The molecule has 13 nitrogen and oxygen atoms in total. The van der Waals surface area contributed by atoms with Gasteiger partial charge in [0.15, 0.2) is 17.5 Å². The molecule has 6 rings (SSSR count). The van der Waals surface area contributed by atoms with Crippen molar-refractivity contribution < 1.29 is 38.3 Å². The van der Waals surface area contributed by atoms with Crippen LogP contribution in [0.15, 0.2) is 39.6 Å². The number of aromatic nitrogens is 4. The SMILES string of the molecule is Cc1nc2n(c(=O)c1CCN1CCC(c3noc4cc(F)ccc34)CC1)CCCC2OC(=O)CCC(=O)On1c(O)ccc1O. The number of rotatable bonds is 9. The third kappa shape index (κ3) is 6.41. The van der Waals surface area contributed by atoms with Crippen LogP contribution in [0.5, 0.6) is 11.8 Å². The average Bonchev–Trinajstić information content (AvgIpc) is 3.58. The Hall–Kier alpha value is -4.72. The van der Waals surface area contributed by atoms with Crippen LogP contribution in [0.4, 0.5) is 4.39 Å². The first kappa shape index (κ1) is 30.3. The normalized spacial score (nSPS) is 17.3. The molecule has 2 N–H and O–H groups in total. The second-order valence-electron chi connectivity index (χ2n) is 11.5. The molecule has 14 heteroatoms.